The van der Waals surface area contributed by atoms with Gasteiger partial charge in [-0.15, -0.1) is 23.5 Å². The molecule has 0 saturated carbocycles. The molecular formula is C16H22N3NaO9S2. The molecule has 1 saturated heterocycles. The minimum Gasteiger partial charge on any atom is -0.543 e. The van der Waals surface area contributed by atoms with E-state index in [-0.39, 0.29) is 46.8 Å². The standard InChI is InChI=1S/C14H19N3O7S2.C2H4O2.Na/c1-6-3-26-13-14(24-2,12(23)17(13)9(6)11(21)22)16-8(18)5-25-4-7(15)10(19)20;1-2(3)4;/h7,13H,3-5,15H2,1-2H3,(H,16,18)(H,19,20)(H,21,22);1H3,(H,3,4);/q;;+1/p-1/t7-,13-,14+;;/m1../s1. The Balaban J connectivity index is 0.00000165. The van der Waals surface area contributed by atoms with E-state index < -0.39 is 46.9 Å². The van der Waals surface area contributed by atoms with Gasteiger partial charge >= 0.3 is 35.5 Å². The summed E-state index contributed by atoms with van der Waals surface area (Å²) in [5, 5.41) is 29.2. The van der Waals surface area contributed by atoms with Crippen LogP contribution in [0.1, 0.15) is 13.8 Å². The summed E-state index contributed by atoms with van der Waals surface area (Å²) < 4.78 is 5.25. The maximum Gasteiger partial charge on any atom is 1.00 e. The van der Waals surface area contributed by atoms with Crippen molar-refractivity contribution in [1.29, 1.82) is 0 Å². The van der Waals surface area contributed by atoms with E-state index in [9.17, 15) is 24.3 Å². The van der Waals surface area contributed by atoms with Gasteiger partial charge in [-0.2, -0.15) is 0 Å². The Morgan fingerprint density at radius 2 is 1.97 bits per heavy atom. The third-order valence-electron chi connectivity index (χ3n) is 3.91. The van der Waals surface area contributed by atoms with Crippen molar-refractivity contribution in [2.45, 2.75) is 31.0 Å². The predicted molar refractivity (Wildman–Crippen MR) is 105 cm³/mol. The fourth-order valence-electron chi connectivity index (χ4n) is 2.62. The van der Waals surface area contributed by atoms with Crippen molar-refractivity contribution in [3.63, 3.8) is 0 Å². The minimum absolute atomic E-state index is 0. The van der Waals surface area contributed by atoms with E-state index >= 15 is 0 Å². The number of nitrogens with zero attached hydrogens (tertiary/aromatic N) is 1. The molecule has 12 nitrogen and oxygen atoms in total. The second-order valence-corrected chi connectivity index (χ2v) is 8.32. The van der Waals surface area contributed by atoms with Gasteiger partial charge in [0.2, 0.25) is 5.91 Å². The van der Waals surface area contributed by atoms with E-state index in [1.165, 1.54) is 18.9 Å². The van der Waals surface area contributed by atoms with Crippen LogP contribution in [0.25, 0.3) is 0 Å². The number of carboxylic acids is 3. The third kappa shape index (κ3) is 7.10. The normalized spacial score (nSPS) is 22.6. The Bertz CT molecular complexity index is 775. The summed E-state index contributed by atoms with van der Waals surface area (Å²) in [6.07, 6.45) is 0. The number of hydrogen-bond acceptors (Lipinski definition) is 10. The summed E-state index contributed by atoms with van der Waals surface area (Å²) in [5.74, 6) is -4.47. The van der Waals surface area contributed by atoms with Crippen LogP contribution in [0.4, 0.5) is 0 Å². The fraction of sp³-hybridized carbons (Fsp3) is 0.562. The van der Waals surface area contributed by atoms with Gasteiger partial charge < -0.3 is 35.9 Å². The molecule has 2 rings (SSSR count). The number of methoxy groups -OCH3 is 1. The van der Waals surface area contributed by atoms with Crippen LogP contribution in [0, 0.1) is 0 Å². The van der Waals surface area contributed by atoms with Crippen LogP contribution in [0.3, 0.4) is 0 Å². The van der Waals surface area contributed by atoms with E-state index in [0.29, 0.717) is 11.3 Å². The number of amides is 2. The van der Waals surface area contributed by atoms with Crippen molar-refractivity contribution in [1.82, 2.24) is 10.2 Å². The number of aliphatic carboxylic acids is 3. The number of rotatable bonds is 8. The number of β-lactam (4-membered cyclic amide) rings is 1. The maximum atomic E-state index is 12.6. The molecular weight excluding hydrogens is 465 g/mol. The van der Waals surface area contributed by atoms with Gasteiger partial charge in [-0.1, -0.05) is 0 Å². The summed E-state index contributed by atoms with van der Waals surface area (Å²) in [7, 11) is 1.24. The Hall–Kier alpha value is -1.29. The number of carbonyl (C=O) groups excluding carboxylic acids is 3. The van der Waals surface area contributed by atoms with Crippen LogP contribution in [0.2, 0.25) is 0 Å². The number of carboxylic acid groups (broad SMARTS) is 3. The molecule has 2 heterocycles. The number of nitrogens with one attached hydrogen (secondary N) is 1. The van der Waals surface area contributed by atoms with Crippen molar-refractivity contribution < 1.29 is 73.6 Å². The van der Waals surface area contributed by atoms with E-state index in [1.807, 2.05) is 0 Å². The molecule has 0 aromatic heterocycles. The molecule has 0 unspecified atom stereocenters. The van der Waals surface area contributed by atoms with Crippen molar-refractivity contribution in [3.8, 4) is 0 Å². The monoisotopic (exact) mass is 487 g/mol. The SMILES string of the molecule is CC(=O)O.CO[C@@]1(NC(=O)CSC[C@@H](N)C(=O)O)C(=O)N2C(C(=O)[O-])=C(C)CS[C@@H]21.[Na+]. The molecule has 0 aromatic rings. The number of thioether (sulfide) groups is 2. The maximum absolute atomic E-state index is 12.6. The molecule has 2 aliphatic rings. The molecule has 0 radical (unpaired) electrons. The second-order valence-electron chi connectivity index (χ2n) is 6.22. The number of fused-ring (bicyclic) bond motifs is 1. The first-order valence-electron chi connectivity index (χ1n) is 8.37. The molecule has 5 N–H and O–H groups in total. The molecule has 168 valence electrons. The molecule has 0 spiro atoms. The molecule has 31 heavy (non-hydrogen) atoms. The summed E-state index contributed by atoms with van der Waals surface area (Å²) in [6, 6.07) is -1.10. The van der Waals surface area contributed by atoms with Crippen molar-refractivity contribution in [2.75, 3.05) is 24.4 Å². The third-order valence-corrected chi connectivity index (χ3v) is 6.43. The Labute approximate surface area is 208 Å². The van der Waals surface area contributed by atoms with Crippen LogP contribution in [0.15, 0.2) is 11.3 Å². The Kier molecular flexibility index (Phi) is 12.1. The van der Waals surface area contributed by atoms with Crippen molar-refractivity contribution >= 4 is 53.2 Å². The smallest absolute Gasteiger partial charge is 0.543 e. The quantitative estimate of drug-likeness (QED) is 0.144. The molecule has 2 amide bonds. The predicted octanol–water partition coefficient (Wildman–Crippen LogP) is -5.38. The summed E-state index contributed by atoms with van der Waals surface area (Å²) in [4.78, 5) is 56.7. The molecule has 15 heteroatoms. The second kappa shape index (κ2) is 12.7. The number of hydrogen-bond donors (Lipinski definition) is 4. The zero-order chi connectivity index (χ0) is 23.2. The van der Waals surface area contributed by atoms with Gasteiger partial charge in [0, 0.05) is 25.5 Å². The van der Waals surface area contributed by atoms with Gasteiger partial charge in [0.25, 0.3) is 17.6 Å². The minimum atomic E-state index is -1.67. The molecule has 0 bridgehead atoms. The molecule has 0 aromatic carbocycles. The van der Waals surface area contributed by atoms with Gasteiger partial charge in [0.15, 0.2) is 0 Å². The van der Waals surface area contributed by atoms with Crippen LogP contribution in [-0.2, 0) is 28.7 Å². The van der Waals surface area contributed by atoms with Crippen molar-refractivity contribution in [3.05, 3.63) is 11.3 Å². The van der Waals surface area contributed by atoms with E-state index in [1.54, 1.807) is 6.92 Å². The first-order chi connectivity index (χ1) is 13.9. The molecule has 3 atom stereocenters. The number of ether oxygens (including phenoxy) is 1. The molecule has 1 fully saturated rings. The zero-order valence-corrected chi connectivity index (χ0v) is 21.0. The number of nitrogens with two attached hydrogens (primary N) is 1. The summed E-state index contributed by atoms with van der Waals surface area (Å²) in [6.45, 7) is 2.68. The topological polar surface area (TPSA) is 199 Å². The fourth-order valence-corrected chi connectivity index (χ4v) is 4.77. The Morgan fingerprint density at radius 1 is 1.42 bits per heavy atom. The molecule has 0 aliphatic carbocycles. The van der Waals surface area contributed by atoms with E-state index in [0.717, 1.165) is 23.6 Å². The summed E-state index contributed by atoms with van der Waals surface area (Å²) >= 11 is 2.27. The van der Waals surface area contributed by atoms with Gasteiger partial charge in [-0.25, -0.2) is 0 Å². The van der Waals surface area contributed by atoms with E-state index in [2.05, 4.69) is 5.32 Å². The van der Waals surface area contributed by atoms with Gasteiger partial charge in [-0.05, 0) is 12.5 Å². The van der Waals surface area contributed by atoms with Crippen LogP contribution < -0.4 is 45.7 Å². The van der Waals surface area contributed by atoms with Gasteiger partial charge in [0.1, 0.15) is 11.4 Å². The van der Waals surface area contributed by atoms with Crippen molar-refractivity contribution in [2.24, 2.45) is 5.73 Å². The summed E-state index contributed by atoms with van der Waals surface area (Å²) in [5.41, 5.74) is 3.97. The zero-order valence-electron chi connectivity index (χ0n) is 17.4. The average Bonchev–Trinajstić information content (AvgIpc) is 2.64. The van der Waals surface area contributed by atoms with Crippen LogP contribution in [0.5, 0.6) is 0 Å². The number of carbonyl (C=O) groups is 5. The largest absolute Gasteiger partial charge is 1.00 e. The first kappa shape index (κ1) is 29.7. The van der Waals surface area contributed by atoms with Gasteiger partial charge in [0.05, 0.1) is 17.4 Å². The van der Waals surface area contributed by atoms with Crippen LogP contribution in [-0.4, -0.2) is 86.3 Å². The Morgan fingerprint density at radius 3 is 2.42 bits per heavy atom. The average molecular weight is 487 g/mol. The van der Waals surface area contributed by atoms with E-state index in [4.69, 9.17) is 25.5 Å². The first-order valence-corrected chi connectivity index (χ1v) is 10.6. The molecule has 2 aliphatic heterocycles. The van der Waals surface area contributed by atoms with Gasteiger partial charge in [-0.3, -0.25) is 24.1 Å². The van der Waals surface area contributed by atoms with Crippen LogP contribution >= 0.6 is 23.5 Å².